The molecule has 2 rings (SSSR count). The van der Waals surface area contributed by atoms with Crippen LogP contribution in [0.2, 0.25) is 0 Å². The van der Waals surface area contributed by atoms with Gasteiger partial charge in [0.25, 0.3) is 0 Å². The molecule has 1 fully saturated rings. The second-order valence-corrected chi connectivity index (χ2v) is 4.46. The van der Waals surface area contributed by atoms with Gasteiger partial charge in [0.15, 0.2) is 0 Å². The Hall–Kier alpha value is -0.620. The van der Waals surface area contributed by atoms with Crippen molar-refractivity contribution in [1.82, 2.24) is 0 Å². The van der Waals surface area contributed by atoms with Gasteiger partial charge in [-0.2, -0.15) is 17.6 Å². The average molecular weight is 240 g/mol. The summed E-state index contributed by atoms with van der Waals surface area (Å²) < 4.78 is 60.3. The number of hydrogen-bond donors (Lipinski definition) is 0. The topological polar surface area (TPSA) is 18.5 Å². The highest BCUT2D eigenvalue weighted by molar-refractivity contribution is 5.17. The van der Waals surface area contributed by atoms with Crippen molar-refractivity contribution < 1.29 is 27.0 Å². The van der Waals surface area contributed by atoms with E-state index in [0.29, 0.717) is 6.42 Å². The molecule has 0 aromatic heterocycles. The molecular formula is C10H12F4O2. The third-order valence-corrected chi connectivity index (χ3v) is 2.95. The number of rotatable bonds is 0. The summed E-state index contributed by atoms with van der Waals surface area (Å²) in [6.07, 6.45) is -7.95. The van der Waals surface area contributed by atoms with Crippen LogP contribution in [-0.2, 0) is 9.47 Å². The summed E-state index contributed by atoms with van der Waals surface area (Å²) in [7, 11) is 0. The number of alkyl halides is 4. The zero-order valence-corrected chi connectivity index (χ0v) is 8.90. The quantitative estimate of drug-likeness (QED) is 0.478. The highest BCUT2D eigenvalue weighted by atomic mass is 19.3. The highest BCUT2D eigenvalue weighted by Gasteiger charge is 2.69. The van der Waals surface area contributed by atoms with Crippen LogP contribution in [-0.4, -0.2) is 23.9 Å². The molecule has 1 aliphatic heterocycles. The van der Waals surface area contributed by atoms with Crippen LogP contribution in [0.3, 0.4) is 0 Å². The van der Waals surface area contributed by atoms with Gasteiger partial charge in [0.05, 0.1) is 6.10 Å². The summed E-state index contributed by atoms with van der Waals surface area (Å²) in [4.78, 5) is 0. The lowest BCUT2D eigenvalue weighted by Crippen LogP contribution is -2.63. The van der Waals surface area contributed by atoms with E-state index in [9.17, 15) is 17.6 Å². The molecule has 16 heavy (non-hydrogen) atoms. The summed E-state index contributed by atoms with van der Waals surface area (Å²) in [5.74, 6) is 0. The lowest BCUT2D eigenvalue weighted by Gasteiger charge is -2.47. The molecule has 0 saturated carbocycles. The Balaban J connectivity index is 2.35. The van der Waals surface area contributed by atoms with E-state index >= 15 is 0 Å². The Morgan fingerprint density at radius 3 is 2.50 bits per heavy atom. The molecule has 0 aromatic rings. The molecule has 1 aliphatic carbocycles. The molecule has 2 atom stereocenters. The van der Waals surface area contributed by atoms with Crippen molar-refractivity contribution in [3.8, 4) is 0 Å². The van der Waals surface area contributed by atoms with Gasteiger partial charge in [-0.3, -0.25) is 0 Å². The van der Waals surface area contributed by atoms with Gasteiger partial charge in [0, 0.05) is 0 Å². The molecule has 0 amide bonds. The van der Waals surface area contributed by atoms with Gasteiger partial charge in [0.1, 0.15) is 5.60 Å². The predicted octanol–water partition coefficient (Wildman–Crippen LogP) is 3.09. The van der Waals surface area contributed by atoms with E-state index in [0.717, 1.165) is 5.57 Å². The number of halogens is 4. The highest BCUT2D eigenvalue weighted by Crippen LogP contribution is 2.49. The van der Waals surface area contributed by atoms with Crippen molar-refractivity contribution >= 4 is 0 Å². The van der Waals surface area contributed by atoms with E-state index in [2.05, 4.69) is 9.47 Å². The molecule has 0 spiro atoms. The molecule has 2 unspecified atom stereocenters. The smallest absolute Gasteiger partial charge is 0.307 e. The van der Waals surface area contributed by atoms with Crippen molar-refractivity contribution in [3.63, 3.8) is 0 Å². The fraction of sp³-hybridized carbons (Fsp3) is 0.800. The first-order valence-corrected chi connectivity index (χ1v) is 4.98. The Labute approximate surface area is 90.2 Å². The Bertz CT molecular complexity index is 340. The fourth-order valence-corrected chi connectivity index (χ4v) is 2.15. The maximum atomic E-state index is 13.0. The van der Waals surface area contributed by atoms with Gasteiger partial charge >= 0.3 is 12.2 Å². The summed E-state index contributed by atoms with van der Waals surface area (Å²) in [6.45, 7) is 3.08. The third kappa shape index (κ3) is 1.64. The summed E-state index contributed by atoms with van der Waals surface area (Å²) in [5, 5.41) is 0. The van der Waals surface area contributed by atoms with E-state index < -0.39 is 23.9 Å². The zero-order valence-electron chi connectivity index (χ0n) is 8.90. The Kier molecular flexibility index (Phi) is 2.37. The SMILES string of the molecule is CC1=CC2(C)OC(F)(F)C(F)(F)OC2CC1. The molecule has 0 radical (unpaired) electrons. The van der Waals surface area contributed by atoms with Crippen molar-refractivity contribution in [2.45, 2.75) is 50.6 Å². The number of ether oxygens (including phenoxy) is 2. The molecule has 0 bridgehead atoms. The van der Waals surface area contributed by atoms with Crippen molar-refractivity contribution in [1.29, 1.82) is 0 Å². The summed E-state index contributed by atoms with van der Waals surface area (Å²) >= 11 is 0. The molecule has 0 N–H and O–H groups in total. The number of fused-ring (bicyclic) bond motifs is 1. The first-order chi connectivity index (χ1) is 7.16. The van der Waals surface area contributed by atoms with E-state index in [1.807, 2.05) is 0 Å². The minimum absolute atomic E-state index is 0.254. The molecule has 2 aliphatic rings. The van der Waals surface area contributed by atoms with Crippen LogP contribution in [0, 0.1) is 0 Å². The van der Waals surface area contributed by atoms with Crippen LogP contribution in [0.5, 0.6) is 0 Å². The maximum absolute atomic E-state index is 13.0. The molecule has 6 heteroatoms. The monoisotopic (exact) mass is 240 g/mol. The van der Waals surface area contributed by atoms with E-state index in [4.69, 9.17) is 0 Å². The van der Waals surface area contributed by atoms with E-state index in [-0.39, 0.29) is 6.42 Å². The van der Waals surface area contributed by atoms with E-state index in [1.165, 1.54) is 13.0 Å². The minimum atomic E-state index is -4.59. The molecule has 1 heterocycles. The number of hydrogen-bond acceptors (Lipinski definition) is 2. The zero-order chi connectivity index (χ0) is 12.2. The molecule has 0 aromatic carbocycles. The molecule has 1 saturated heterocycles. The standard InChI is InChI=1S/C10H12F4O2/c1-6-3-4-7-8(2,5-6)16-10(13,14)9(11,12)15-7/h5,7H,3-4H2,1-2H3. The normalized spacial score (nSPS) is 41.1. The average Bonchev–Trinajstić information content (AvgIpc) is 2.06. The fourth-order valence-electron chi connectivity index (χ4n) is 2.15. The van der Waals surface area contributed by atoms with Crippen LogP contribution >= 0.6 is 0 Å². The lowest BCUT2D eigenvalue weighted by molar-refractivity contribution is -0.500. The van der Waals surface area contributed by atoms with Crippen LogP contribution in [0.25, 0.3) is 0 Å². The first-order valence-electron chi connectivity index (χ1n) is 4.98. The van der Waals surface area contributed by atoms with Gasteiger partial charge in [-0.15, -0.1) is 0 Å². The summed E-state index contributed by atoms with van der Waals surface area (Å²) in [6, 6.07) is 0. The minimum Gasteiger partial charge on any atom is -0.307 e. The van der Waals surface area contributed by atoms with Crippen molar-refractivity contribution in [2.75, 3.05) is 0 Å². The van der Waals surface area contributed by atoms with Gasteiger partial charge in [-0.25, -0.2) is 0 Å². The van der Waals surface area contributed by atoms with Crippen LogP contribution < -0.4 is 0 Å². The van der Waals surface area contributed by atoms with Crippen molar-refractivity contribution in [3.05, 3.63) is 11.6 Å². The maximum Gasteiger partial charge on any atom is 0.449 e. The van der Waals surface area contributed by atoms with Crippen molar-refractivity contribution in [2.24, 2.45) is 0 Å². The van der Waals surface area contributed by atoms with Gasteiger partial charge in [-0.1, -0.05) is 11.6 Å². The number of allylic oxidation sites excluding steroid dienone is 1. The first kappa shape index (κ1) is 11.9. The third-order valence-electron chi connectivity index (χ3n) is 2.95. The molecule has 2 nitrogen and oxygen atoms in total. The Morgan fingerprint density at radius 1 is 1.25 bits per heavy atom. The second kappa shape index (κ2) is 3.20. The lowest BCUT2D eigenvalue weighted by atomic mass is 9.85. The van der Waals surface area contributed by atoms with Gasteiger partial charge in [-0.05, 0) is 26.7 Å². The van der Waals surface area contributed by atoms with E-state index in [1.54, 1.807) is 6.92 Å². The van der Waals surface area contributed by atoms with Crippen LogP contribution in [0.4, 0.5) is 17.6 Å². The Morgan fingerprint density at radius 2 is 1.88 bits per heavy atom. The van der Waals surface area contributed by atoms with Gasteiger partial charge in [0.2, 0.25) is 0 Å². The largest absolute Gasteiger partial charge is 0.449 e. The molecular weight excluding hydrogens is 228 g/mol. The molecule has 92 valence electrons. The summed E-state index contributed by atoms with van der Waals surface area (Å²) in [5.41, 5.74) is -0.642. The van der Waals surface area contributed by atoms with Crippen LogP contribution in [0.1, 0.15) is 26.7 Å². The second-order valence-electron chi connectivity index (χ2n) is 4.46. The van der Waals surface area contributed by atoms with Crippen LogP contribution in [0.15, 0.2) is 11.6 Å². The predicted molar refractivity (Wildman–Crippen MR) is 47.2 cm³/mol. The van der Waals surface area contributed by atoms with Gasteiger partial charge < -0.3 is 9.47 Å².